The third kappa shape index (κ3) is 8.22. The third-order valence-electron chi connectivity index (χ3n) is 15.4. The Balaban J connectivity index is 0.832. The van der Waals surface area contributed by atoms with Crippen LogP contribution < -0.4 is 25.6 Å². The van der Waals surface area contributed by atoms with E-state index in [4.69, 9.17) is 8.83 Å². The number of anilines is 8. The van der Waals surface area contributed by atoms with Gasteiger partial charge in [0.15, 0.2) is 0 Å². The zero-order valence-corrected chi connectivity index (χ0v) is 43.0. The molecule has 79 heavy (non-hydrogen) atoms. The molecule has 0 radical (unpaired) electrons. The number of furan rings is 2. The minimum absolute atomic E-state index is 0.785. The van der Waals surface area contributed by atoms with Crippen molar-refractivity contribution in [3.63, 3.8) is 0 Å². The van der Waals surface area contributed by atoms with Gasteiger partial charge >= 0.3 is 0 Å². The van der Waals surface area contributed by atoms with E-state index >= 15 is 0 Å². The zero-order valence-electron chi connectivity index (χ0n) is 43.0. The van der Waals surface area contributed by atoms with E-state index in [0.717, 1.165) is 119 Å². The van der Waals surface area contributed by atoms with Gasteiger partial charge < -0.3 is 28.5 Å². The molecule has 0 saturated carbocycles. The Labute approximate surface area is 456 Å². The van der Waals surface area contributed by atoms with Gasteiger partial charge in [-0.3, -0.25) is 0 Å². The van der Waals surface area contributed by atoms with Crippen molar-refractivity contribution in [1.82, 2.24) is 4.57 Å². The molecule has 0 spiro atoms. The lowest BCUT2D eigenvalue weighted by Gasteiger charge is -2.25. The average molecular weight is 1020 g/mol. The smallest absolute Gasteiger partial charge is 0.136 e. The topological polar surface area (TPSA) is 49.7 Å². The second-order valence-corrected chi connectivity index (χ2v) is 20.1. The molecule has 3 heterocycles. The number of nitrogens with zero attached hydrogens (tertiary/aromatic N) is 3. The maximum absolute atomic E-state index is 6.81. The molecule has 0 bridgehead atoms. The summed E-state index contributed by atoms with van der Waals surface area (Å²) in [4.78, 5) is 4.55. The van der Waals surface area contributed by atoms with Crippen molar-refractivity contribution in [2.45, 2.75) is 6.42 Å². The highest BCUT2D eigenvalue weighted by atomic mass is 16.3. The second-order valence-electron chi connectivity index (χ2n) is 20.1. The number of aromatic nitrogens is 1. The van der Waals surface area contributed by atoms with E-state index in [1.165, 1.54) is 26.8 Å². The van der Waals surface area contributed by atoms with Crippen LogP contribution in [0.15, 0.2) is 288 Å². The molecule has 6 heteroatoms. The first kappa shape index (κ1) is 45.8. The molecule has 1 N–H and O–H groups in total. The van der Waals surface area contributed by atoms with Crippen LogP contribution in [0.1, 0.15) is 12.0 Å². The fraction of sp³-hybridized carbons (Fsp3) is 0.0137. The predicted molar refractivity (Wildman–Crippen MR) is 328 cm³/mol. The minimum atomic E-state index is 0.785. The molecule has 0 unspecified atom stereocenters. The van der Waals surface area contributed by atoms with Crippen LogP contribution in [0.5, 0.6) is 0 Å². The second kappa shape index (κ2) is 19.2. The van der Waals surface area contributed by atoms with Crippen LogP contribution in [0.2, 0.25) is 0 Å². The first-order chi connectivity index (χ1) is 39.1. The fourth-order valence-electron chi connectivity index (χ4n) is 11.7. The summed E-state index contributed by atoms with van der Waals surface area (Å²) >= 11 is 0. The Kier molecular flexibility index (Phi) is 11.1. The van der Waals surface area contributed by atoms with E-state index < -0.39 is 0 Å². The highest BCUT2D eigenvalue weighted by molar-refractivity contribution is 6.11. The average Bonchev–Trinajstić information content (AvgIpc) is 4.26. The lowest BCUT2D eigenvalue weighted by Crippen LogP contribution is -2.24. The Bertz CT molecular complexity index is 4620. The van der Waals surface area contributed by atoms with E-state index in [1.54, 1.807) is 0 Å². The molecule has 0 atom stereocenters. The molecule has 6 nitrogen and oxygen atoms in total. The molecule has 1 aliphatic carbocycles. The highest BCUT2D eigenvalue weighted by Gasteiger charge is 2.22. The SMILES string of the molecule is C1=c2c(ccc3c2c2ccc(-c4cc5ccc(N(c6ccccc6)c6ccccc6)cc5o4)cc2n3-c2ccccc2)=C(c2ccc(-c3cc4cc(N(c5ccccc5)c5ccccc5)ccc4o3)cc2Nc2ccccc2)C1. The van der Waals surface area contributed by atoms with Crippen molar-refractivity contribution in [2.75, 3.05) is 15.1 Å². The molecule has 3 aromatic heterocycles. The predicted octanol–water partition coefficient (Wildman–Crippen LogP) is 18.7. The molecule has 11 aromatic carbocycles. The van der Waals surface area contributed by atoms with Gasteiger partial charge in [0.25, 0.3) is 0 Å². The Morgan fingerprint density at radius 2 is 0.937 bits per heavy atom. The van der Waals surface area contributed by atoms with Gasteiger partial charge in [-0.15, -0.1) is 0 Å². The van der Waals surface area contributed by atoms with Gasteiger partial charge in [0, 0.05) is 95.5 Å². The Morgan fingerprint density at radius 3 is 1.58 bits per heavy atom. The van der Waals surface area contributed by atoms with Crippen molar-refractivity contribution in [3.05, 3.63) is 295 Å². The molecule has 0 aliphatic heterocycles. The van der Waals surface area contributed by atoms with Gasteiger partial charge in [-0.05, 0) is 156 Å². The van der Waals surface area contributed by atoms with Crippen LogP contribution >= 0.6 is 0 Å². The summed E-state index contributed by atoms with van der Waals surface area (Å²) in [7, 11) is 0. The van der Waals surface area contributed by atoms with Crippen LogP contribution in [0.25, 0.3) is 83.7 Å². The molecule has 0 fully saturated rings. The quantitative estimate of drug-likeness (QED) is 0.132. The summed E-state index contributed by atoms with van der Waals surface area (Å²) in [5.74, 6) is 1.63. The number of fused-ring (bicyclic) bond motifs is 7. The molecule has 14 aromatic rings. The summed E-state index contributed by atoms with van der Waals surface area (Å²) in [5, 5.41) is 10.8. The monoisotopic (exact) mass is 1010 g/mol. The van der Waals surface area contributed by atoms with Crippen LogP contribution in [-0.2, 0) is 0 Å². The maximum atomic E-state index is 6.81. The van der Waals surface area contributed by atoms with E-state index in [9.17, 15) is 0 Å². The normalized spacial score (nSPS) is 12.1. The summed E-state index contributed by atoms with van der Waals surface area (Å²) in [6, 6.07) is 98.6. The molecule has 0 saturated heterocycles. The molecule has 0 amide bonds. The van der Waals surface area contributed by atoms with Crippen LogP contribution in [0, 0.1) is 0 Å². The largest absolute Gasteiger partial charge is 0.456 e. The molecule has 15 rings (SSSR count). The zero-order chi connectivity index (χ0) is 52.2. The van der Waals surface area contributed by atoms with Crippen LogP contribution in [-0.4, -0.2) is 4.57 Å². The molecular formula is C73H50N4O2. The summed E-state index contributed by atoms with van der Waals surface area (Å²) in [5.41, 5.74) is 18.0. The summed E-state index contributed by atoms with van der Waals surface area (Å²) < 4.78 is 15.9. The Morgan fingerprint density at radius 1 is 0.392 bits per heavy atom. The van der Waals surface area contributed by atoms with Gasteiger partial charge in [0.05, 0.1) is 11.0 Å². The van der Waals surface area contributed by atoms with Crippen molar-refractivity contribution in [3.8, 4) is 28.3 Å². The van der Waals surface area contributed by atoms with Gasteiger partial charge in [-0.1, -0.05) is 146 Å². The lowest BCUT2D eigenvalue weighted by molar-refractivity contribution is 0.631. The van der Waals surface area contributed by atoms with E-state index in [2.05, 4.69) is 305 Å². The number of hydrogen-bond acceptors (Lipinski definition) is 5. The van der Waals surface area contributed by atoms with E-state index in [1.807, 2.05) is 0 Å². The molecule has 1 aliphatic rings. The summed E-state index contributed by atoms with van der Waals surface area (Å²) in [6.07, 6.45) is 3.21. The highest BCUT2D eigenvalue weighted by Crippen LogP contribution is 2.42. The van der Waals surface area contributed by atoms with Crippen molar-refractivity contribution >= 4 is 101 Å². The van der Waals surface area contributed by atoms with Crippen molar-refractivity contribution in [1.29, 1.82) is 0 Å². The van der Waals surface area contributed by atoms with E-state index in [0.29, 0.717) is 0 Å². The van der Waals surface area contributed by atoms with Gasteiger partial charge in [-0.2, -0.15) is 0 Å². The lowest BCUT2D eigenvalue weighted by atomic mass is 9.97. The van der Waals surface area contributed by atoms with Crippen LogP contribution in [0.3, 0.4) is 0 Å². The standard InChI is InChI=1S/C73H50N4O2/c1-7-19-53(20-8-1)74-66-44-49(71-47-52-43-59(35-42-69(52)78-71)75(54-21-9-2-10-22-54)55-23-11-3-12-24-55)32-36-63(66)61-38-39-64-62(61)40-41-67-73(64)65-37-33-50(45-68(65)77(67)58-29-17-6-18-30-58)70-46-51-31-34-60(48-72(51)79-70)76(56-25-13-4-14-26-56)57-27-15-5-16-28-57/h1-37,39-48,74H,38H2. The number of para-hydroxylation sites is 6. The first-order valence-corrected chi connectivity index (χ1v) is 26.9. The minimum Gasteiger partial charge on any atom is -0.456 e. The fourth-order valence-corrected chi connectivity index (χ4v) is 11.7. The molecular weight excluding hydrogens is 965 g/mol. The summed E-state index contributed by atoms with van der Waals surface area (Å²) in [6.45, 7) is 0. The van der Waals surface area contributed by atoms with Crippen molar-refractivity contribution in [2.24, 2.45) is 0 Å². The van der Waals surface area contributed by atoms with Crippen LogP contribution in [0.4, 0.5) is 45.5 Å². The number of hydrogen-bond donors (Lipinski definition) is 1. The van der Waals surface area contributed by atoms with Crippen molar-refractivity contribution < 1.29 is 8.83 Å². The van der Waals surface area contributed by atoms with Gasteiger partial charge in [-0.25, -0.2) is 0 Å². The molecule has 374 valence electrons. The number of benzene rings is 11. The number of nitrogens with one attached hydrogen (secondary N) is 1. The number of rotatable bonds is 12. The third-order valence-corrected chi connectivity index (χ3v) is 15.4. The maximum Gasteiger partial charge on any atom is 0.136 e. The van der Waals surface area contributed by atoms with Gasteiger partial charge in [0.2, 0.25) is 0 Å². The Hall–Kier alpha value is -10.6. The van der Waals surface area contributed by atoms with E-state index in [-0.39, 0.29) is 0 Å². The van der Waals surface area contributed by atoms with Gasteiger partial charge in [0.1, 0.15) is 22.7 Å². The first-order valence-electron chi connectivity index (χ1n) is 26.9.